The summed E-state index contributed by atoms with van der Waals surface area (Å²) in [6.45, 7) is 3.64. The summed E-state index contributed by atoms with van der Waals surface area (Å²) in [5.41, 5.74) is 2.99. The lowest BCUT2D eigenvalue weighted by atomic mass is 9.97. The minimum Gasteiger partial charge on any atom is -0.344 e. The number of hydrogen-bond donors (Lipinski definition) is 0. The van der Waals surface area contributed by atoms with Gasteiger partial charge in [-0.1, -0.05) is 12.1 Å². The number of rotatable bonds is 2. The van der Waals surface area contributed by atoms with Crippen LogP contribution in [-0.2, 0) is 7.05 Å². The van der Waals surface area contributed by atoms with Gasteiger partial charge in [-0.25, -0.2) is 4.98 Å². The van der Waals surface area contributed by atoms with Gasteiger partial charge in [0.25, 0.3) is 5.91 Å². The quantitative estimate of drug-likeness (QED) is 0.709. The van der Waals surface area contributed by atoms with E-state index in [1.54, 1.807) is 11.3 Å². The van der Waals surface area contributed by atoms with Gasteiger partial charge in [-0.3, -0.25) is 4.79 Å². The number of likely N-dealkylation sites (tertiary alicyclic amines) is 1. The molecule has 124 valence electrons. The highest BCUT2D eigenvalue weighted by atomic mass is 32.1. The van der Waals surface area contributed by atoms with Crippen molar-refractivity contribution in [2.24, 2.45) is 7.05 Å². The first-order chi connectivity index (χ1) is 11.6. The van der Waals surface area contributed by atoms with Crippen LogP contribution in [0.1, 0.15) is 39.9 Å². The molecule has 2 aromatic heterocycles. The lowest BCUT2D eigenvalue weighted by Gasteiger charge is -2.31. The van der Waals surface area contributed by atoms with Gasteiger partial charge in [-0.05, 0) is 44.0 Å². The Morgan fingerprint density at radius 1 is 1.17 bits per heavy atom. The standard InChI is InChI=1S/C19H21N3OS/c1-13-7-8-16(21(13)2)19(23)22-11-9-14(10-12-22)18-20-15-5-3-4-6-17(15)24-18/h3-8,14H,9-12H2,1-2H3. The minimum atomic E-state index is 0.147. The Hall–Kier alpha value is -2.14. The third-order valence-corrected chi connectivity index (χ3v) is 6.23. The zero-order valence-electron chi connectivity index (χ0n) is 14.0. The molecular weight excluding hydrogens is 318 g/mol. The average Bonchev–Trinajstić information content (AvgIpc) is 3.19. The molecule has 1 saturated heterocycles. The maximum Gasteiger partial charge on any atom is 0.270 e. The maximum absolute atomic E-state index is 12.7. The van der Waals surface area contributed by atoms with Gasteiger partial charge in [0, 0.05) is 31.7 Å². The van der Waals surface area contributed by atoms with E-state index in [-0.39, 0.29) is 5.91 Å². The van der Waals surface area contributed by atoms with Crippen molar-refractivity contribution in [2.45, 2.75) is 25.7 Å². The van der Waals surface area contributed by atoms with Crippen LogP contribution in [0.3, 0.4) is 0 Å². The number of fused-ring (bicyclic) bond motifs is 1. The SMILES string of the molecule is Cc1ccc(C(=O)N2CCC(c3nc4ccccc4s3)CC2)n1C. The van der Waals surface area contributed by atoms with Crippen LogP contribution in [-0.4, -0.2) is 33.4 Å². The average molecular weight is 339 g/mol. The molecule has 1 aromatic carbocycles. The molecule has 0 aliphatic carbocycles. The van der Waals surface area contributed by atoms with Gasteiger partial charge < -0.3 is 9.47 Å². The molecule has 4 rings (SSSR count). The van der Waals surface area contributed by atoms with E-state index in [0.717, 1.165) is 42.8 Å². The summed E-state index contributed by atoms with van der Waals surface area (Å²) in [5.74, 6) is 0.620. The van der Waals surface area contributed by atoms with Crippen LogP contribution in [0.15, 0.2) is 36.4 Å². The number of thiazole rings is 1. The first-order valence-electron chi connectivity index (χ1n) is 8.40. The largest absolute Gasteiger partial charge is 0.344 e. The second-order valence-electron chi connectivity index (χ2n) is 6.51. The molecule has 4 nitrogen and oxygen atoms in total. The lowest BCUT2D eigenvalue weighted by molar-refractivity contribution is 0.0703. The van der Waals surface area contributed by atoms with Crippen molar-refractivity contribution in [2.75, 3.05) is 13.1 Å². The number of aryl methyl sites for hydroxylation is 1. The van der Waals surface area contributed by atoms with Crippen molar-refractivity contribution in [3.8, 4) is 0 Å². The van der Waals surface area contributed by atoms with Crippen LogP contribution in [0.2, 0.25) is 0 Å². The van der Waals surface area contributed by atoms with Crippen LogP contribution in [0.4, 0.5) is 0 Å². The Morgan fingerprint density at radius 3 is 2.58 bits per heavy atom. The molecule has 1 aliphatic rings. The molecular formula is C19H21N3OS. The van der Waals surface area contributed by atoms with E-state index in [1.165, 1.54) is 9.71 Å². The summed E-state index contributed by atoms with van der Waals surface area (Å²) >= 11 is 1.80. The smallest absolute Gasteiger partial charge is 0.270 e. The van der Waals surface area contributed by atoms with E-state index in [9.17, 15) is 4.79 Å². The van der Waals surface area contributed by atoms with Gasteiger partial charge in [-0.2, -0.15) is 0 Å². The molecule has 0 spiro atoms. The predicted molar refractivity (Wildman–Crippen MR) is 97.6 cm³/mol. The van der Waals surface area contributed by atoms with Crippen molar-refractivity contribution in [3.05, 3.63) is 52.8 Å². The molecule has 3 aromatic rings. The van der Waals surface area contributed by atoms with Crippen molar-refractivity contribution >= 4 is 27.5 Å². The molecule has 0 N–H and O–H groups in total. The molecule has 5 heteroatoms. The summed E-state index contributed by atoms with van der Waals surface area (Å²) in [4.78, 5) is 19.5. The number of piperidine rings is 1. The number of aromatic nitrogens is 2. The number of benzene rings is 1. The van der Waals surface area contributed by atoms with E-state index in [0.29, 0.717) is 5.92 Å². The second-order valence-corrected chi connectivity index (χ2v) is 7.57. The van der Waals surface area contributed by atoms with Gasteiger partial charge in [0.2, 0.25) is 0 Å². The van der Waals surface area contributed by atoms with Crippen molar-refractivity contribution < 1.29 is 4.79 Å². The van der Waals surface area contributed by atoms with Crippen molar-refractivity contribution in [3.63, 3.8) is 0 Å². The van der Waals surface area contributed by atoms with Crippen LogP contribution in [0.25, 0.3) is 10.2 Å². The number of para-hydroxylation sites is 1. The third kappa shape index (κ3) is 2.63. The highest BCUT2D eigenvalue weighted by Crippen LogP contribution is 2.34. The van der Waals surface area contributed by atoms with E-state index in [1.807, 2.05) is 41.6 Å². The monoisotopic (exact) mass is 339 g/mol. The molecule has 0 radical (unpaired) electrons. The summed E-state index contributed by atoms with van der Waals surface area (Å²) in [5, 5.41) is 1.22. The van der Waals surface area contributed by atoms with Crippen LogP contribution >= 0.6 is 11.3 Å². The first kappa shape index (κ1) is 15.4. The third-order valence-electron chi connectivity index (χ3n) is 5.03. The van der Waals surface area contributed by atoms with Gasteiger partial charge in [0.15, 0.2) is 0 Å². The Bertz CT molecular complexity index is 854. The molecule has 0 bridgehead atoms. The van der Waals surface area contributed by atoms with Gasteiger partial charge in [0.1, 0.15) is 5.69 Å². The van der Waals surface area contributed by atoms with E-state index in [4.69, 9.17) is 4.98 Å². The molecule has 3 heterocycles. The molecule has 24 heavy (non-hydrogen) atoms. The Balaban J connectivity index is 1.46. The van der Waals surface area contributed by atoms with E-state index < -0.39 is 0 Å². The zero-order chi connectivity index (χ0) is 16.7. The van der Waals surface area contributed by atoms with E-state index >= 15 is 0 Å². The maximum atomic E-state index is 12.7. The fourth-order valence-electron chi connectivity index (χ4n) is 3.38. The van der Waals surface area contributed by atoms with Crippen LogP contribution in [0, 0.1) is 6.92 Å². The fraction of sp³-hybridized carbons (Fsp3) is 0.368. The summed E-state index contributed by atoms with van der Waals surface area (Å²) < 4.78 is 3.23. The Morgan fingerprint density at radius 2 is 1.92 bits per heavy atom. The topological polar surface area (TPSA) is 38.1 Å². The first-order valence-corrected chi connectivity index (χ1v) is 9.22. The van der Waals surface area contributed by atoms with Gasteiger partial charge in [0.05, 0.1) is 15.2 Å². The Labute approximate surface area is 145 Å². The molecule has 1 aliphatic heterocycles. The van der Waals surface area contributed by atoms with E-state index in [2.05, 4.69) is 18.2 Å². The summed E-state index contributed by atoms with van der Waals surface area (Å²) in [6.07, 6.45) is 1.99. The van der Waals surface area contributed by atoms with Crippen molar-refractivity contribution in [1.29, 1.82) is 0 Å². The number of amides is 1. The summed E-state index contributed by atoms with van der Waals surface area (Å²) in [7, 11) is 1.95. The van der Waals surface area contributed by atoms with Crippen LogP contribution in [0.5, 0.6) is 0 Å². The van der Waals surface area contributed by atoms with Gasteiger partial charge in [-0.15, -0.1) is 11.3 Å². The van der Waals surface area contributed by atoms with Crippen LogP contribution < -0.4 is 0 Å². The molecule has 1 fully saturated rings. The zero-order valence-corrected chi connectivity index (χ0v) is 14.8. The summed E-state index contributed by atoms with van der Waals surface area (Å²) in [6, 6.07) is 12.2. The number of hydrogen-bond acceptors (Lipinski definition) is 3. The molecule has 1 amide bonds. The lowest BCUT2D eigenvalue weighted by Crippen LogP contribution is -2.38. The predicted octanol–water partition coefficient (Wildman–Crippen LogP) is 3.96. The molecule has 0 saturated carbocycles. The number of carbonyl (C=O) groups excluding carboxylic acids is 1. The molecule has 0 unspecified atom stereocenters. The molecule has 0 atom stereocenters. The normalized spacial score (nSPS) is 16.0. The van der Waals surface area contributed by atoms with Crippen molar-refractivity contribution in [1.82, 2.24) is 14.5 Å². The highest BCUT2D eigenvalue weighted by molar-refractivity contribution is 7.18. The fourth-order valence-corrected chi connectivity index (χ4v) is 4.52. The number of nitrogens with zero attached hydrogens (tertiary/aromatic N) is 3. The minimum absolute atomic E-state index is 0.147. The number of carbonyl (C=O) groups is 1. The van der Waals surface area contributed by atoms with Gasteiger partial charge >= 0.3 is 0 Å². The Kier molecular flexibility index (Phi) is 3.88. The second kappa shape index (κ2) is 6.06. The highest BCUT2D eigenvalue weighted by Gasteiger charge is 2.27.